The lowest BCUT2D eigenvalue weighted by atomic mass is 9.84. The van der Waals surface area contributed by atoms with E-state index in [9.17, 15) is 8.42 Å². The number of piperazine rings is 1. The third-order valence-electron chi connectivity index (χ3n) is 6.12. The van der Waals surface area contributed by atoms with Gasteiger partial charge in [0.1, 0.15) is 0 Å². The highest BCUT2D eigenvalue weighted by Gasteiger charge is 2.28. The zero-order valence-electron chi connectivity index (χ0n) is 17.0. The van der Waals surface area contributed by atoms with Gasteiger partial charge in [-0.05, 0) is 80.3 Å². The summed E-state index contributed by atoms with van der Waals surface area (Å²) in [5, 5.41) is 0.530. The number of hydrogen-bond acceptors (Lipinski definition) is 4. The molecular formula is C22H28ClN3O2S. The minimum absolute atomic E-state index is 0.101. The number of nitrogens with zero attached hydrogens (tertiary/aromatic N) is 2. The number of rotatable bonds is 4. The fourth-order valence-electron chi connectivity index (χ4n) is 4.39. The van der Waals surface area contributed by atoms with Crippen LogP contribution in [0.25, 0.3) is 0 Å². The molecule has 0 bridgehead atoms. The first kappa shape index (κ1) is 20.7. The summed E-state index contributed by atoms with van der Waals surface area (Å²) in [6, 6.07) is 10.7. The summed E-state index contributed by atoms with van der Waals surface area (Å²) in [5.41, 5.74) is 5.28. The molecule has 5 nitrogen and oxygen atoms in total. The van der Waals surface area contributed by atoms with Crippen molar-refractivity contribution >= 4 is 27.3 Å². The molecule has 1 heterocycles. The maximum atomic E-state index is 12.8. The number of aryl methyl sites for hydroxylation is 1. The average Bonchev–Trinajstić information content (AvgIpc) is 2.69. The van der Waals surface area contributed by atoms with Gasteiger partial charge in [0.25, 0.3) is 0 Å². The Balaban J connectivity index is 1.57. The molecule has 1 aliphatic heterocycles. The van der Waals surface area contributed by atoms with Gasteiger partial charge in [-0.25, -0.2) is 13.1 Å². The lowest BCUT2D eigenvalue weighted by Crippen LogP contribution is -2.45. The third kappa shape index (κ3) is 4.45. The van der Waals surface area contributed by atoms with Crippen molar-refractivity contribution in [2.45, 2.75) is 37.1 Å². The van der Waals surface area contributed by atoms with Crippen molar-refractivity contribution in [1.29, 1.82) is 0 Å². The van der Waals surface area contributed by atoms with Crippen LogP contribution in [-0.4, -0.2) is 52.6 Å². The van der Waals surface area contributed by atoms with E-state index in [1.54, 1.807) is 24.3 Å². The number of hydrogen-bond donors (Lipinski definition) is 1. The number of sulfonamides is 1. The van der Waals surface area contributed by atoms with Gasteiger partial charge in [0, 0.05) is 42.9 Å². The van der Waals surface area contributed by atoms with E-state index >= 15 is 0 Å². The molecule has 1 atom stereocenters. The highest BCUT2D eigenvalue weighted by Crippen LogP contribution is 2.34. The molecule has 0 aromatic heterocycles. The molecule has 0 unspecified atom stereocenters. The smallest absolute Gasteiger partial charge is 0.240 e. The van der Waals surface area contributed by atoms with Gasteiger partial charge in [-0.3, -0.25) is 0 Å². The number of anilines is 1. The topological polar surface area (TPSA) is 52.6 Å². The summed E-state index contributed by atoms with van der Waals surface area (Å²) in [4.78, 5) is 5.06. The van der Waals surface area contributed by atoms with Gasteiger partial charge in [-0.2, -0.15) is 0 Å². The van der Waals surface area contributed by atoms with Gasteiger partial charge < -0.3 is 9.80 Å². The number of halogens is 1. The molecule has 29 heavy (non-hydrogen) atoms. The van der Waals surface area contributed by atoms with Gasteiger partial charge in [-0.1, -0.05) is 17.7 Å². The molecule has 7 heteroatoms. The van der Waals surface area contributed by atoms with Crippen molar-refractivity contribution in [3.63, 3.8) is 0 Å². The molecule has 1 fully saturated rings. The predicted molar refractivity (Wildman–Crippen MR) is 118 cm³/mol. The highest BCUT2D eigenvalue weighted by molar-refractivity contribution is 7.89. The van der Waals surface area contributed by atoms with E-state index in [2.05, 4.69) is 40.6 Å². The zero-order valence-corrected chi connectivity index (χ0v) is 18.6. The van der Waals surface area contributed by atoms with Crippen LogP contribution in [0.15, 0.2) is 41.3 Å². The van der Waals surface area contributed by atoms with Crippen molar-refractivity contribution in [2.24, 2.45) is 0 Å². The Morgan fingerprint density at radius 2 is 1.69 bits per heavy atom. The summed E-state index contributed by atoms with van der Waals surface area (Å²) in [5.74, 6) is 0. The average molecular weight is 434 g/mol. The van der Waals surface area contributed by atoms with Crippen molar-refractivity contribution < 1.29 is 8.42 Å². The number of nitrogens with one attached hydrogen (secondary N) is 1. The van der Waals surface area contributed by atoms with Crippen molar-refractivity contribution in [3.8, 4) is 0 Å². The molecule has 1 aliphatic carbocycles. The maximum Gasteiger partial charge on any atom is 0.240 e. The molecule has 4 rings (SSSR count). The molecule has 156 valence electrons. The molecule has 0 amide bonds. The standard InChI is InChI=1S/C22H28ClN3O2S/c1-16-3-10-22(26-13-11-25(2)12-14-26)21-15-18(6-9-20(16)21)24-29(27,28)19-7-4-17(23)5-8-19/h3-5,7-8,10,18,24H,6,9,11-15H2,1-2H3/t18-/m1/s1. The minimum atomic E-state index is -3.56. The first-order valence-electron chi connectivity index (χ1n) is 10.2. The summed E-state index contributed by atoms with van der Waals surface area (Å²) in [6.45, 7) is 6.27. The van der Waals surface area contributed by atoms with E-state index in [1.165, 1.54) is 22.4 Å². The van der Waals surface area contributed by atoms with Crippen LogP contribution in [0.2, 0.25) is 5.02 Å². The van der Waals surface area contributed by atoms with Crippen LogP contribution in [0.5, 0.6) is 0 Å². The zero-order chi connectivity index (χ0) is 20.6. The van der Waals surface area contributed by atoms with Crippen LogP contribution < -0.4 is 9.62 Å². The van der Waals surface area contributed by atoms with Crippen molar-refractivity contribution in [2.75, 3.05) is 38.1 Å². The molecule has 1 N–H and O–H groups in total. The van der Waals surface area contributed by atoms with Gasteiger partial charge >= 0.3 is 0 Å². The Kier molecular flexibility index (Phi) is 5.89. The van der Waals surface area contributed by atoms with Crippen molar-refractivity contribution in [3.05, 3.63) is 58.1 Å². The first-order valence-corrected chi connectivity index (χ1v) is 12.0. The van der Waals surface area contributed by atoms with E-state index in [4.69, 9.17) is 11.6 Å². The van der Waals surface area contributed by atoms with E-state index < -0.39 is 10.0 Å². The third-order valence-corrected chi connectivity index (χ3v) is 7.91. The molecule has 0 spiro atoms. The molecular weight excluding hydrogens is 406 g/mol. The molecule has 0 radical (unpaired) electrons. The van der Waals surface area contributed by atoms with Crippen LogP contribution in [-0.2, 0) is 22.9 Å². The van der Waals surface area contributed by atoms with Crippen LogP contribution in [0.1, 0.15) is 23.1 Å². The monoisotopic (exact) mass is 433 g/mol. The van der Waals surface area contributed by atoms with Crippen LogP contribution in [0, 0.1) is 6.92 Å². The molecule has 0 saturated carbocycles. The molecule has 2 aromatic rings. The lowest BCUT2D eigenvalue weighted by Gasteiger charge is -2.37. The number of fused-ring (bicyclic) bond motifs is 1. The SMILES string of the molecule is Cc1ccc(N2CCN(C)CC2)c2c1CC[C@@H](NS(=O)(=O)c1ccc(Cl)cc1)C2. The first-order chi connectivity index (χ1) is 13.8. The second-order valence-corrected chi connectivity index (χ2v) is 10.3. The van der Waals surface area contributed by atoms with Gasteiger partial charge in [0.05, 0.1) is 4.90 Å². The summed E-state index contributed by atoms with van der Waals surface area (Å²) in [6.07, 6.45) is 2.44. The Hall–Kier alpha value is -1.60. The Morgan fingerprint density at radius 3 is 2.38 bits per heavy atom. The predicted octanol–water partition coefficient (Wildman–Crippen LogP) is 3.24. The molecule has 2 aromatic carbocycles. The van der Waals surface area contributed by atoms with Crippen molar-refractivity contribution in [1.82, 2.24) is 9.62 Å². The number of benzene rings is 2. The Labute approximate surface area is 178 Å². The summed E-state index contributed by atoms with van der Waals surface area (Å²) >= 11 is 5.90. The highest BCUT2D eigenvalue weighted by atomic mass is 35.5. The quantitative estimate of drug-likeness (QED) is 0.804. The normalized spacial score (nSPS) is 20.5. The van der Waals surface area contributed by atoms with Crippen LogP contribution in [0.3, 0.4) is 0 Å². The fourth-order valence-corrected chi connectivity index (χ4v) is 5.78. The number of likely N-dealkylation sites (N-methyl/N-ethyl adjacent to an activating group) is 1. The van der Waals surface area contributed by atoms with Gasteiger partial charge in [0.2, 0.25) is 10.0 Å². The summed E-state index contributed by atoms with van der Waals surface area (Å²) in [7, 11) is -1.41. The Bertz CT molecular complexity index is 984. The van der Waals surface area contributed by atoms with Crippen LogP contribution in [0.4, 0.5) is 5.69 Å². The second kappa shape index (κ2) is 8.26. The Morgan fingerprint density at radius 1 is 1.00 bits per heavy atom. The van der Waals surface area contributed by atoms with Gasteiger partial charge in [0.15, 0.2) is 0 Å². The molecule has 1 saturated heterocycles. The maximum absolute atomic E-state index is 12.8. The van der Waals surface area contributed by atoms with E-state index in [-0.39, 0.29) is 10.9 Å². The summed E-state index contributed by atoms with van der Waals surface area (Å²) < 4.78 is 28.6. The van der Waals surface area contributed by atoms with Crippen LogP contribution >= 0.6 is 11.6 Å². The largest absolute Gasteiger partial charge is 0.369 e. The van der Waals surface area contributed by atoms with E-state index in [0.29, 0.717) is 5.02 Å². The fraction of sp³-hybridized carbons (Fsp3) is 0.455. The second-order valence-electron chi connectivity index (χ2n) is 8.16. The van der Waals surface area contributed by atoms with E-state index in [1.807, 2.05) is 0 Å². The van der Waals surface area contributed by atoms with Gasteiger partial charge in [-0.15, -0.1) is 0 Å². The minimum Gasteiger partial charge on any atom is -0.369 e. The molecule has 2 aliphatic rings. The van der Waals surface area contributed by atoms with E-state index in [0.717, 1.165) is 45.4 Å². The lowest BCUT2D eigenvalue weighted by molar-refractivity contribution is 0.312.